The van der Waals surface area contributed by atoms with Gasteiger partial charge in [-0.15, -0.1) is 10.2 Å². The maximum Gasteiger partial charge on any atom is 0.311 e. The lowest BCUT2D eigenvalue weighted by Crippen LogP contribution is -2.04. The van der Waals surface area contributed by atoms with Gasteiger partial charge in [-0.3, -0.25) is 14.2 Å². The van der Waals surface area contributed by atoms with E-state index in [1.165, 1.54) is 6.20 Å². The third-order valence-electron chi connectivity index (χ3n) is 1.59. The van der Waals surface area contributed by atoms with E-state index in [2.05, 4.69) is 15.2 Å². The fourth-order valence-electron chi connectivity index (χ4n) is 1.06. The summed E-state index contributed by atoms with van der Waals surface area (Å²) in [6, 6.07) is 0. The van der Waals surface area contributed by atoms with Gasteiger partial charge >= 0.3 is 5.97 Å². The van der Waals surface area contributed by atoms with Gasteiger partial charge in [0.25, 0.3) is 0 Å². The first kappa shape index (κ1) is 7.66. The Morgan fingerprint density at radius 3 is 3.15 bits per heavy atom. The van der Waals surface area contributed by atoms with Crippen LogP contribution in [0.2, 0.25) is 0 Å². The summed E-state index contributed by atoms with van der Waals surface area (Å²) in [5.41, 5.74) is 0.554. The number of aliphatic carboxylic acids is 1. The second-order valence-electron chi connectivity index (χ2n) is 2.49. The molecule has 2 aromatic rings. The summed E-state index contributed by atoms with van der Waals surface area (Å²) >= 11 is 0. The highest BCUT2D eigenvalue weighted by Gasteiger charge is 2.08. The number of nitrogens with zero attached hydrogens (tertiary/aromatic N) is 4. The highest BCUT2D eigenvalue weighted by molar-refractivity contribution is 5.69. The summed E-state index contributed by atoms with van der Waals surface area (Å²) in [5, 5.41) is 16.0. The molecule has 0 bridgehead atoms. The van der Waals surface area contributed by atoms with Crippen LogP contribution in [-0.4, -0.2) is 30.7 Å². The first-order chi connectivity index (χ1) is 6.27. The van der Waals surface area contributed by atoms with E-state index in [-0.39, 0.29) is 6.42 Å². The molecule has 66 valence electrons. The van der Waals surface area contributed by atoms with Gasteiger partial charge in [0.2, 0.25) is 0 Å². The van der Waals surface area contributed by atoms with Crippen LogP contribution >= 0.6 is 0 Å². The van der Waals surface area contributed by atoms with Gasteiger partial charge in [0.05, 0.1) is 6.20 Å². The summed E-state index contributed by atoms with van der Waals surface area (Å²) in [7, 11) is 0. The molecule has 13 heavy (non-hydrogen) atoms. The number of carboxylic acid groups (broad SMARTS) is 1. The van der Waals surface area contributed by atoms with Crippen molar-refractivity contribution < 1.29 is 9.90 Å². The monoisotopic (exact) mass is 178 g/mol. The standard InChI is InChI=1S/C7H6N4O2/c12-7(13)3-5-9-10-6-4-8-1-2-11(5)6/h1-2,4H,3H2,(H,12,13). The molecule has 0 saturated carbocycles. The number of carbonyl (C=O) groups is 1. The number of aromatic nitrogens is 4. The predicted molar refractivity (Wildman–Crippen MR) is 42.1 cm³/mol. The van der Waals surface area contributed by atoms with Crippen molar-refractivity contribution in [3.63, 3.8) is 0 Å². The van der Waals surface area contributed by atoms with Crippen molar-refractivity contribution in [2.45, 2.75) is 6.42 Å². The summed E-state index contributed by atoms with van der Waals surface area (Å²) in [6.07, 6.45) is 4.58. The Morgan fingerprint density at radius 1 is 1.54 bits per heavy atom. The normalized spacial score (nSPS) is 10.5. The van der Waals surface area contributed by atoms with Crippen LogP contribution in [0.25, 0.3) is 5.65 Å². The van der Waals surface area contributed by atoms with Crippen molar-refractivity contribution in [3.8, 4) is 0 Å². The van der Waals surface area contributed by atoms with Crippen molar-refractivity contribution in [3.05, 3.63) is 24.4 Å². The molecule has 0 atom stereocenters. The van der Waals surface area contributed by atoms with Crippen molar-refractivity contribution in [1.82, 2.24) is 19.6 Å². The zero-order chi connectivity index (χ0) is 9.26. The molecule has 2 heterocycles. The fourth-order valence-corrected chi connectivity index (χ4v) is 1.06. The molecule has 0 saturated heterocycles. The van der Waals surface area contributed by atoms with Crippen LogP contribution in [0.3, 0.4) is 0 Å². The lowest BCUT2D eigenvalue weighted by Gasteiger charge is -1.93. The number of hydrogen-bond acceptors (Lipinski definition) is 4. The summed E-state index contributed by atoms with van der Waals surface area (Å²) in [4.78, 5) is 14.2. The second kappa shape index (κ2) is 2.81. The Bertz CT molecular complexity index is 450. The zero-order valence-electron chi connectivity index (χ0n) is 6.58. The van der Waals surface area contributed by atoms with Gasteiger partial charge in [0.15, 0.2) is 5.65 Å². The molecule has 0 radical (unpaired) electrons. The Labute approximate surface area is 72.9 Å². The molecular formula is C7H6N4O2. The van der Waals surface area contributed by atoms with Crippen molar-refractivity contribution in [2.75, 3.05) is 0 Å². The molecule has 0 fully saturated rings. The first-order valence-corrected chi connectivity index (χ1v) is 3.63. The van der Waals surface area contributed by atoms with Crippen molar-refractivity contribution in [1.29, 1.82) is 0 Å². The summed E-state index contributed by atoms with van der Waals surface area (Å²) in [6.45, 7) is 0. The number of fused-ring (bicyclic) bond motifs is 1. The van der Waals surface area contributed by atoms with Crippen LogP contribution in [0, 0.1) is 0 Å². The van der Waals surface area contributed by atoms with Crippen molar-refractivity contribution >= 4 is 11.6 Å². The SMILES string of the molecule is O=C(O)Cc1nnc2cnccn12. The molecule has 0 amide bonds. The van der Waals surface area contributed by atoms with E-state index in [4.69, 9.17) is 5.11 Å². The molecule has 6 nitrogen and oxygen atoms in total. The number of carboxylic acids is 1. The van der Waals surface area contributed by atoms with Gasteiger partial charge in [-0.1, -0.05) is 0 Å². The van der Waals surface area contributed by atoms with E-state index >= 15 is 0 Å². The van der Waals surface area contributed by atoms with Crippen LogP contribution < -0.4 is 0 Å². The van der Waals surface area contributed by atoms with E-state index in [9.17, 15) is 4.79 Å². The minimum atomic E-state index is -0.925. The largest absolute Gasteiger partial charge is 0.481 e. The van der Waals surface area contributed by atoms with Crippen molar-refractivity contribution in [2.24, 2.45) is 0 Å². The molecule has 6 heteroatoms. The second-order valence-corrected chi connectivity index (χ2v) is 2.49. The Balaban J connectivity index is 2.51. The van der Waals surface area contributed by atoms with E-state index in [0.717, 1.165) is 0 Å². The fraction of sp³-hybridized carbons (Fsp3) is 0.143. The quantitative estimate of drug-likeness (QED) is 0.685. The lowest BCUT2D eigenvalue weighted by molar-refractivity contribution is -0.136. The minimum absolute atomic E-state index is 0.134. The Morgan fingerprint density at radius 2 is 2.38 bits per heavy atom. The number of rotatable bonds is 2. The van der Waals surface area contributed by atoms with Crippen LogP contribution in [0.5, 0.6) is 0 Å². The zero-order valence-corrected chi connectivity index (χ0v) is 6.58. The molecule has 0 aliphatic carbocycles. The lowest BCUT2D eigenvalue weighted by atomic mass is 10.4. The third-order valence-corrected chi connectivity index (χ3v) is 1.59. The van der Waals surface area contributed by atoms with E-state index in [0.29, 0.717) is 11.5 Å². The van der Waals surface area contributed by atoms with Gasteiger partial charge in [0.1, 0.15) is 12.2 Å². The van der Waals surface area contributed by atoms with Gasteiger partial charge < -0.3 is 5.11 Å². The maximum atomic E-state index is 10.4. The average Bonchev–Trinajstić information content (AvgIpc) is 2.48. The summed E-state index contributed by atoms with van der Waals surface area (Å²) < 4.78 is 1.60. The Kier molecular flexibility index (Phi) is 1.66. The van der Waals surface area contributed by atoms with Gasteiger partial charge in [-0.25, -0.2) is 0 Å². The molecule has 2 rings (SSSR count). The maximum absolute atomic E-state index is 10.4. The molecule has 2 aromatic heterocycles. The smallest absolute Gasteiger partial charge is 0.311 e. The van der Waals surface area contributed by atoms with Gasteiger partial charge in [-0.2, -0.15) is 0 Å². The minimum Gasteiger partial charge on any atom is -0.481 e. The van der Waals surface area contributed by atoms with Crippen LogP contribution in [0.4, 0.5) is 0 Å². The van der Waals surface area contributed by atoms with E-state index in [1.54, 1.807) is 16.8 Å². The average molecular weight is 178 g/mol. The molecule has 0 aliphatic rings. The highest BCUT2D eigenvalue weighted by atomic mass is 16.4. The van der Waals surface area contributed by atoms with E-state index in [1.807, 2.05) is 0 Å². The third kappa shape index (κ3) is 1.33. The number of hydrogen-bond donors (Lipinski definition) is 1. The van der Waals surface area contributed by atoms with Crippen LogP contribution in [0.1, 0.15) is 5.82 Å². The predicted octanol–water partition coefficient (Wildman–Crippen LogP) is -0.249. The molecule has 0 aliphatic heterocycles. The molecule has 0 spiro atoms. The molecular weight excluding hydrogens is 172 g/mol. The van der Waals surface area contributed by atoms with Gasteiger partial charge in [-0.05, 0) is 0 Å². The Hall–Kier alpha value is -1.98. The highest BCUT2D eigenvalue weighted by Crippen LogP contribution is 2.01. The first-order valence-electron chi connectivity index (χ1n) is 3.63. The summed E-state index contributed by atoms with van der Waals surface area (Å²) in [5.74, 6) is -0.518. The topological polar surface area (TPSA) is 80.4 Å². The molecule has 1 N–H and O–H groups in total. The van der Waals surface area contributed by atoms with Crippen LogP contribution in [0.15, 0.2) is 18.6 Å². The van der Waals surface area contributed by atoms with Crippen LogP contribution in [-0.2, 0) is 11.2 Å². The van der Waals surface area contributed by atoms with E-state index < -0.39 is 5.97 Å². The molecule has 0 unspecified atom stereocenters. The van der Waals surface area contributed by atoms with Gasteiger partial charge in [0, 0.05) is 12.4 Å². The molecule has 0 aromatic carbocycles.